The van der Waals surface area contributed by atoms with E-state index in [1.54, 1.807) is 0 Å². The third-order valence-corrected chi connectivity index (χ3v) is 5.25. The van der Waals surface area contributed by atoms with Gasteiger partial charge in [-0.3, -0.25) is 4.79 Å². The lowest BCUT2D eigenvalue weighted by atomic mass is 10.1. The molecule has 6 nitrogen and oxygen atoms in total. The number of ether oxygens (including phenoxy) is 1. The Morgan fingerprint density at radius 1 is 1.04 bits per heavy atom. The molecule has 2 aromatic rings. The van der Waals surface area contributed by atoms with Crippen LogP contribution < -0.4 is 10.1 Å². The Kier molecular flexibility index (Phi) is 7.60. The van der Waals surface area contributed by atoms with Crippen molar-refractivity contribution in [2.24, 2.45) is 0 Å². The number of carbonyl (C=O) groups is 1. The van der Waals surface area contributed by atoms with Crippen molar-refractivity contribution < 1.29 is 17.9 Å². The van der Waals surface area contributed by atoms with Crippen LogP contribution in [-0.4, -0.2) is 37.5 Å². The van der Waals surface area contributed by atoms with E-state index in [1.807, 2.05) is 69.3 Å². The largest absolute Gasteiger partial charge is 0.491 e. The van der Waals surface area contributed by atoms with Crippen LogP contribution in [0.2, 0.25) is 0 Å². The predicted molar refractivity (Wildman–Crippen MR) is 110 cm³/mol. The Morgan fingerprint density at radius 2 is 1.61 bits per heavy atom. The van der Waals surface area contributed by atoms with E-state index in [9.17, 15) is 13.2 Å². The minimum atomic E-state index is -3.51. The van der Waals surface area contributed by atoms with Gasteiger partial charge in [-0.2, -0.15) is 4.31 Å². The fourth-order valence-electron chi connectivity index (χ4n) is 2.56. The van der Waals surface area contributed by atoms with Crippen LogP contribution in [0, 0.1) is 6.92 Å². The van der Waals surface area contributed by atoms with Crippen LogP contribution in [0.1, 0.15) is 30.5 Å². The molecule has 0 fully saturated rings. The lowest BCUT2D eigenvalue weighted by Crippen LogP contribution is -2.39. The molecule has 0 spiro atoms. The highest BCUT2D eigenvalue weighted by molar-refractivity contribution is 7.88. The molecule has 0 saturated carbocycles. The quantitative estimate of drug-likeness (QED) is 0.697. The predicted octanol–water partition coefficient (Wildman–Crippen LogP) is 2.86. The van der Waals surface area contributed by atoms with E-state index in [1.165, 1.54) is 4.31 Å². The fraction of sp³-hybridized carbons (Fsp3) is 0.381. The molecule has 0 aromatic heterocycles. The van der Waals surface area contributed by atoms with Gasteiger partial charge >= 0.3 is 0 Å². The Balaban J connectivity index is 1.93. The maximum atomic E-state index is 12.3. The summed E-state index contributed by atoms with van der Waals surface area (Å²) < 4.78 is 30.9. The molecule has 0 aliphatic rings. The van der Waals surface area contributed by atoms with Crippen LogP contribution in [0.3, 0.4) is 0 Å². The van der Waals surface area contributed by atoms with Crippen molar-refractivity contribution in [3.8, 4) is 5.75 Å². The number of amides is 1. The molecule has 1 amide bonds. The number of sulfonamides is 1. The molecule has 0 unspecified atom stereocenters. The second kappa shape index (κ2) is 9.71. The molecule has 7 heteroatoms. The minimum absolute atomic E-state index is 0.0982. The van der Waals surface area contributed by atoms with E-state index in [-0.39, 0.29) is 25.1 Å². The number of rotatable bonds is 9. The smallest absolute Gasteiger partial charge is 0.235 e. The molecule has 0 radical (unpaired) electrons. The van der Waals surface area contributed by atoms with Crippen molar-refractivity contribution in [2.45, 2.75) is 40.0 Å². The SMILES string of the molecule is Cc1ccc(CN(CC(=O)NCc2ccc(OC(C)C)cc2)S(C)(=O)=O)cc1. The summed E-state index contributed by atoms with van der Waals surface area (Å²) in [5.74, 6) is 0.423. The molecule has 2 rings (SSSR count). The lowest BCUT2D eigenvalue weighted by Gasteiger charge is -2.20. The van der Waals surface area contributed by atoms with Gasteiger partial charge in [0.2, 0.25) is 15.9 Å². The summed E-state index contributed by atoms with van der Waals surface area (Å²) in [6.45, 7) is 6.14. The fourth-order valence-corrected chi connectivity index (χ4v) is 3.30. The van der Waals surface area contributed by atoms with Gasteiger partial charge in [-0.1, -0.05) is 42.0 Å². The van der Waals surface area contributed by atoms with Crippen molar-refractivity contribution in [3.05, 3.63) is 65.2 Å². The van der Waals surface area contributed by atoms with E-state index in [0.717, 1.165) is 28.7 Å². The van der Waals surface area contributed by atoms with Gasteiger partial charge in [0.05, 0.1) is 18.9 Å². The molecule has 152 valence electrons. The molecular weight excluding hydrogens is 376 g/mol. The summed E-state index contributed by atoms with van der Waals surface area (Å²) in [6.07, 6.45) is 1.21. The highest BCUT2D eigenvalue weighted by Crippen LogP contribution is 2.14. The molecule has 0 saturated heterocycles. The van der Waals surface area contributed by atoms with Crippen LogP contribution in [-0.2, 0) is 27.9 Å². The van der Waals surface area contributed by atoms with Gasteiger partial charge in [0.25, 0.3) is 0 Å². The summed E-state index contributed by atoms with van der Waals surface area (Å²) in [5, 5.41) is 2.77. The molecule has 0 bridgehead atoms. The average Bonchev–Trinajstić information content (AvgIpc) is 2.61. The van der Waals surface area contributed by atoms with Gasteiger partial charge in [0.1, 0.15) is 5.75 Å². The van der Waals surface area contributed by atoms with Gasteiger partial charge < -0.3 is 10.1 Å². The van der Waals surface area contributed by atoms with Crippen molar-refractivity contribution >= 4 is 15.9 Å². The van der Waals surface area contributed by atoms with Crippen molar-refractivity contribution in [3.63, 3.8) is 0 Å². The standard InChI is InChI=1S/C21H28N2O4S/c1-16(2)27-20-11-9-18(10-12-20)13-22-21(24)15-23(28(4,25)26)14-19-7-5-17(3)6-8-19/h5-12,16H,13-15H2,1-4H3,(H,22,24). The van der Waals surface area contributed by atoms with Crippen LogP contribution in [0.4, 0.5) is 0 Å². The van der Waals surface area contributed by atoms with Crippen LogP contribution in [0.25, 0.3) is 0 Å². The number of nitrogens with one attached hydrogen (secondary N) is 1. The lowest BCUT2D eigenvalue weighted by molar-refractivity contribution is -0.121. The molecule has 28 heavy (non-hydrogen) atoms. The van der Waals surface area contributed by atoms with E-state index >= 15 is 0 Å². The number of hydrogen-bond acceptors (Lipinski definition) is 4. The maximum Gasteiger partial charge on any atom is 0.235 e. The molecule has 0 heterocycles. The molecule has 0 atom stereocenters. The van der Waals surface area contributed by atoms with Gasteiger partial charge in [0.15, 0.2) is 0 Å². The number of nitrogens with zero attached hydrogens (tertiary/aromatic N) is 1. The Labute approximate surface area is 167 Å². The highest BCUT2D eigenvalue weighted by Gasteiger charge is 2.20. The number of benzene rings is 2. The molecule has 2 aromatic carbocycles. The van der Waals surface area contributed by atoms with E-state index in [0.29, 0.717) is 6.54 Å². The summed E-state index contributed by atoms with van der Waals surface area (Å²) in [7, 11) is -3.51. The average molecular weight is 405 g/mol. The number of carbonyl (C=O) groups excluding carboxylic acids is 1. The number of hydrogen-bond donors (Lipinski definition) is 1. The summed E-state index contributed by atoms with van der Waals surface area (Å²) in [5.41, 5.74) is 2.84. The summed E-state index contributed by atoms with van der Waals surface area (Å²) in [4.78, 5) is 12.3. The first-order valence-electron chi connectivity index (χ1n) is 9.16. The zero-order valence-electron chi connectivity index (χ0n) is 16.8. The van der Waals surface area contributed by atoms with Crippen LogP contribution in [0.5, 0.6) is 5.75 Å². The van der Waals surface area contributed by atoms with Crippen molar-refractivity contribution in [1.82, 2.24) is 9.62 Å². The third-order valence-electron chi connectivity index (χ3n) is 4.05. The molecular formula is C21H28N2O4S. The van der Waals surface area contributed by atoms with E-state index in [2.05, 4.69) is 5.32 Å². The first-order valence-corrected chi connectivity index (χ1v) is 11.0. The second-order valence-corrected chi connectivity index (χ2v) is 9.09. The monoisotopic (exact) mass is 404 g/mol. The van der Waals surface area contributed by atoms with Crippen molar-refractivity contribution in [2.75, 3.05) is 12.8 Å². The third kappa shape index (κ3) is 7.32. The summed E-state index contributed by atoms with van der Waals surface area (Å²) >= 11 is 0. The van der Waals surface area contributed by atoms with Gasteiger partial charge in [-0.15, -0.1) is 0 Å². The van der Waals surface area contributed by atoms with Crippen LogP contribution >= 0.6 is 0 Å². The minimum Gasteiger partial charge on any atom is -0.491 e. The van der Waals surface area contributed by atoms with E-state index < -0.39 is 10.0 Å². The Hall–Kier alpha value is -2.38. The first-order chi connectivity index (χ1) is 13.1. The Morgan fingerprint density at radius 3 is 2.14 bits per heavy atom. The summed E-state index contributed by atoms with van der Waals surface area (Å²) in [6, 6.07) is 15.0. The number of aryl methyl sites for hydroxylation is 1. The van der Waals surface area contributed by atoms with Crippen LogP contribution in [0.15, 0.2) is 48.5 Å². The normalized spacial score (nSPS) is 11.6. The van der Waals surface area contributed by atoms with Crippen molar-refractivity contribution in [1.29, 1.82) is 0 Å². The Bertz CT molecular complexity index is 876. The second-order valence-electron chi connectivity index (χ2n) is 7.10. The maximum absolute atomic E-state index is 12.3. The molecule has 1 N–H and O–H groups in total. The first kappa shape index (κ1) is 21.9. The zero-order chi connectivity index (χ0) is 20.7. The van der Waals surface area contributed by atoms with Gasteiger partial charge in [0, 0.05) is 13.1 Å². The van der Waals surface area contributed by atoms with Gasteiger partial charge in [-0.05, 0) is 44.0 Å². The topological polar surface area (TPSA) is 75.7 Å². The molecule has 0 aliphatic heterocycles. The molecule has 0 aliphatic carbocycles. The highest BCUT2D eigenvalue weighted by atomic mass is 32.2. The zero-order valence-corrected chi connectivity index (χ0v) is 17.6. The van der Waals surface area contributed by atoms with E-state index in [4.69, 9.17) is 4.74 Å². The van der Waals surface area contributed by atoms with Gasteiger partial charge in [-0.25, -0.2) is 8.42 Å².